The van der Waals surface area contributed by atoms with Crippen LogP contribution < -0.4 is 0 Å². The molecule has 0 unspecified atom stereocenters. The van der Waals surface area contributed by atoms with Crippen LogP contribution in [-0.2, 0) is 6.42 Å². The lowest BCUT2D eigenvalue weighted by atomic mass is 10.0. The van der Waals surface area contributed by atoms with Crippen molar-refractivity contribution in [1.29, 1.82) is 0 Å². The summed E-state index contributed by atoms with van der Waals surface area (Å²) in [5.74, 6) is 0.0601. The third kappa shape index (κ3) is 2.75. The Morgan fingerprint density at radius 1 is 1.06 bits per heavy atom. The molecular formula is C15H13ClO. The highest BCUT2D eigenvalue weighted by Gasteiger charge is 2.11. The van der Waals surface area contributed by atoms with Crippen LogP contribution in [0.3, 0.4) is 0 Å². The lowest BCUT2D eigenvalue weighted by Gasteiger charge is -2.05. The minimum Gasteiger partial charge on any atom is -0.294 e. The molecule has 0 saturated carbocycles. The van der Waals surface area contributed by atoms with Gasteiger partial charge in [-0.3, -0.25) is 4.79 Å². The van der Waals surface area contributed by atoms with E-state index in [1.807, 2.05) is 49.4 Å². The van der Waals surface area contributed by atoms with Crippen LogP contribution in [0.2, 0.25) is 5.02 Å². The smallest absolute Gasteiger partial charge is 0.168 e. The molecule has 2 aromatic rings. The molecule has 86 valence electrons. The fraction of sp³-hybridized carbons (Fsp3) is 0.133. The second kappa shape index (κ2) is 5.15. The molecule has 2 heteroatoms. The van der Waals surface area contributed by atoms with E-state index in [0.29, 0.717) is 17.0 Å². The van der Waals surface area contributed by atoms with Crippen molar-refractivity contribution >= 4 is 17.4 Å². The van der Waals surface area contributed by atoms with E-state index in [1.54, 1.807) is 6.07 Å². The van der Waals surface area contributed by atoms with Crippen LogP contribution in [0.25, 0.3) is 0 Å². The summed E-state index contributed by atoms with van der Waals surface area (Å²) in [4.78, 5) is 12.1. The monoisotopic (exact) mass is 244 g/mol. The van der Waals surface area contributed by atoms with Crippen LogP contribution in [0.1, 0.15) is 21.5 Å². The Bertz CT molecular complexity index is 532. The third-order valence-electron chi connectivity index (χ3n) is 2.70. The summed E-state index contributed by atoms with van der Waals surface area (Å²) >= 11 is 6.13. The first-order valence-electron chi connectivity index (χ1n) is 5.50. The van der Waals surface area contributed by atoms with Gasteiger partial charge < -0.3 is 0 Å². The third-order valence-corrected chi connectivity index (χ3v) is 3.20. The molecule has 0 spiro atoms. The Hall–Kier alpha value is -1.60. The minimum absolute atomic E-state index is 0.0601. The van der Waals surface area contributed by atoms with Gasteiger partial charge in [-0.1, -0.05) is 54.1 Å². The van der Waals surface area contributed by atoms with Crippen LogP contribution >= 0.6 is 11.6 Å². The van der Waals surface area contributed by atoms with E-state index < -0.39 is 0 Å². The number of carbonyl (C=O) groups is 1. The quantitative estimate of drug-likeness (QED) is 0.744. The van der Waals surface area contributed by atoms with Gasteiger partial charge >= 0.3 is 0 Å². The average molecular weight is 245 g/mol. The molecule has 0 N–H and O–H groups in total. The predicted molar refractivity (Wildman–Crippen MR) is 70.7 cm³/mol. The molecule has 0 amide bonds. The molecule has 0 aliphatic heterocycles. The average Bonchev–Trinajstić information content (AvgIpc) is 2.34. The molecule has 17 heavy (non-hydrogen) atoms. The van der Waals surface area contributed by atoms with E-state index in [1.165, 1.54) is 0 Å². The second-order valence-corrected chi connectivity index (χ2v) is 4.40. The second-order valence-electron chi connectivity index (χ2n) is 4.02. The van der Waals surface area contributed by atoms with Gasteiger partial charge in [-0.15, -0.1) is 0 Å². The maximum Gasteiger partial charge on any atom is 0.168 e. The maximum absolute atomic E-state index is 12.1. The molecule has 0 fully saturated rings. The van der Waals surface area contributed by atoms with Crippen molar-refractivity contribution in [3.05, 3.63) is 70.2 Å². The van der Waals surface area contributed by atoms with Gasteiger partial charge in [-0.05, 0) is 24.1 Å². The standard InChI is InChI=1S/C15H13ClO/c1-11-6-5-9-13(15(11)16)14(17)10-12-7-3-2-4-8-12/h2-9H,10H2,1H3. The van der Waals surface area contributed by atoms with Crippen molar-refractivity contribution < 1.29 is 4.79 Å². The van der Waals surface area contributed by atoms with Crippen molar-refractivity contribution in [2.24, 2.45) is 0 Å². The Morgan fingerprint density at radius 2 is 1.76 bits per heavy atom. The zero-order valence-corrected chi connectivity index (χ0v) is 10.4. The Balaban J connectivity index is 2.24. The molecule has 2 rings (SSSR count). The Morgan fingerprint density at radius 3 is 2.47 bits per heavy atom. The van der Waals surface area contributed by atoms with Gasteiger partial charge in [0.1, 0.15) is 0 Å². The topological polar surface area (TPSA) is 17.1 Å². The van der Waals surface area contributed by atoms with E-state index >= 15 is 0 Å². The minimum atomic E-state index is 0.0601. The zero-order chi connectivity index (χ0) is 12.3. The number of hydrogen-bond acceptors (Lipinski definition) is 1. The summed E-state index contributed by atoms with van der Waals surface area (Å²) in [6, 6.07) is 15.2. The molecule has 2 aromatic carbocycles. The summed E-state index contributed by atoms with van der Waals surface area (Å²) in [7, 11) is 0. The first kappa shape index (κ1) is 11.9. The molecular weight excluding hydrogens is 232 g/mol. The van der Waals surface area contributed by atoms with E-state index in [9.17, 15) is 4.79 Å². The van der Waals surface area contributed by atoms with E-state index in [4.69, 9.17) is 11.6 Å². The van der Waals surface area contributed by atoms with E-state index in [0.717, 1.165) is 11.1 Å². The fourth-order valence-electron chi connectivity index (χ4n) is 1.74. The highest BCUT2D eigenvalue weighted by atomic mass is 35.5. The largest absolute Gasteiger partial charge is 0.294 e. The van der Waals surface area contributed by atoms with Gasteiger partial charge in [0.25, 0.3) is 0 Å². The van der Waals surface area contributed by atoms with Crippen molar-refractivity contribution in [2.45, 2.75) is 13.3 Å². The molecule has 0 atom stereocenters. The highest BCUT2D eigenvalue weighted by molar-refractivity contribution is 6.34. The SMILES string of the molecule is Cc1cccc(C(=O)Cc2ccccc2)c1Cl. The lowest BCUT2D eigenvalue weighted by molar-refractivity contribution is 0.0993. The molecule has 0 aliphatic carbocycles. The molecule has 0 heterocycles. The van der Waals surface area contributed by atoms with Crippen LogP contribution in [0.15, 0.2) is 48.5 Å². The number of halogens is 1. The lowest BCUT2D eigenvalue weighted by Crippen LogP contribution is -2.04. The summed E-state index contributed by atoms with van der Waals surface area (Å²) in [5.41, 5.74) is 2.55. The fourth-order valence-corrected chi connectivity index (χ4v) is 1.97. The van der Waals surface area contributed by atoms with Gasteiger partial charge in [0.2, 0.25) is 0 Å². The van der Waals surface area contributed by atoms with Crippen LogP contribution in [0.4, 0.5) is 0 Å². The zero-order valence-electron chi connectivity index (χ0n) is 9.61. The van der Waals surface area contributed by atoms with Crippen LogP contribution in [-0.4, -0.2) is 5.78 Å². The van der Waals surface area contributed by atoms with Crippen LogP contribution in [0, 0.1) is 6.92 Å². The summed E-state index contributed by atoms with van der Waals surface area (Å²) in [5, 5.41) is 0.563. The van der Waals surface area contributed by atoms with Gasteiger partial charge in [-0.25, -0.2) is 0 Å². The van der Waals surface area contributed by atoms with Crippen molar-refractivity contribution in [1.82, 2.24) is 0 Å². The normalized spacial score (nSPS) is 10.2. The molecule has 0 aliphatic rings. The summed E-state index contributed by atoms with van der Waals surface area (Å²) in [6.07, 6.45) is 0.393. The molecule has 0 saturated heterocycles. The van der Waals surface area contributed by atoms with Crippen molar-refractivity contribution in [3.63, 3.8) is 0 Å². The first-order chi connectivity index (χ1) is 8.18. The van der Waals surface area contributed by atoms with Gasteiger partial charge in [0.05, 0.1) is 5.02 Å². The van der Waals surface area contributed by atoms with Crippen molar-refractivity contribution in [2.75, 3.05) is 0 Å². The predicted octanol–water partition coefficient (Wildman–Crippen LogP) is 4.07. The number of ketones is 1. The van der Waals surface area contributed by atoms with Gasteiger partial charge in [0, 0.05) is 12.0 Å². The van der Waals surface area contributed by atoms with Crippen molar-refractivity contribution in [3.8, 4) is 0 Å². The first-order valence-corrected chi connectivity index (χ1v) is 5.88. The van der Waals surface area contributed by atoms with E-state index in [2.05, 4.69) is 0 Å². The molecule has 0 aromatic heterocycles. The Labute approximate surface area is 106 Å². The number of Topliss-reactive ketones (excluding diaryl/α,β-unsaturated/α-hetero) is 1. The molecule has 0 bridgehead atoms. The highest BCUT2D eigenvalue weighted by Crippen LogP contribution is 2.21. The Kier molecular flexibility index (Phi) is 3.60. The summed E-state index contributed by atoms with van der Waals surface area (Å²) < 4.78 is 0. The maximum atomic E-state index is 12.1. The molecule has 1 nitrogen and oxygen atoms in total. The summed E-state index contributed by atoms with van der Waals surface area (Å²) in [6.45, 7) is 1.90. The number of rotatable bonds is 3. The number of benzene rings is 2. The van der Waals surface area contributed by atoms with Gasteiger partial charge in [0.15, 0.2) is 5.78 Å². The van der Waals surface area contributed by atoms with Crippen LogP contribution in [0.5, 0.6) is 0 Å². The number of aryl methyl sites for hydroxylation is 1. The number of carbonyl (C=O) groups excluding carboxylic acids is 1. The van der Waals surface area contributed by atoms with E-state index in [-0.39, 0.29) is 5.78 Å². The number of hydrogen-bond donors (Lipinski definition) is 0. The van der Waals surface area contributed by atoms with Gasteiger partial charge in [-0.2, -0.15) is 0 Å². The molecule has 0 radical (unpaired) electrons.